The summed E-state index contributed by atoms with van der Waals surface area (Å²) in [7, 11) is 0. The van der Waals surface area contributed by atoms with Gasteiger partial charge in [0.1, 0.15) is 0 Å². The quantitative estimate of drug-likeness (QED) is 0.904. The van der Waals surface area contributed by atoms with E-state index >= 15 is 0 Å². The summed E-state index contributed by atoms with van der Waals surface area (Å²) in [5.41, 5.74) is 2.89. The second-order valence-corrected chi connectivity index (χ2v) is 5.73. The molecule has 19 heavy (non-hydrogen) atoms. The standard InChI is InChI=1S/C16H24N2O/c1-5-17-15-7-6-11(2)9-14(15)16(19)18-10-12(3)8-13(18)4/h6-7,9,12-13,17H,5,8,10H2,1-4H3. The van der Waals surface area contributed by atoms with Gasteiger partial charge in [-0.1, -0.05) is 18.6 Å². The number of hydrogen-bond acceptors (Lipinski definition) is 2. The van der Waals surface area contributed by atoms with Gasteiger partial charge in [0.15, 0.2) is 0 Å². The number of anilines is 1. The Bertz CT molecular complexity index is 470. The molecule has 1 aromatic rings. The first-order valence-electron chi connectivity index (χ1n) is 7.18. The lowest BCUT2D eigenvalue weighted by molar-refractivity contribution is 0.0744. The van der Waals surface area contributed by atoms with E-state index in [9.17, 15) is 4.79 Å². The molecule has 2 atom stereocenters. The fourth-order valence-corrected chi connectivity index (χ4v) is 2.92. The zero-order chi connectivity index (χ0) is 14.0. The number of rotatable bonds is 3. The minimum atomic E-state index is 0.163. The molecule has 104 valence electrons. The Morgan fingerprint density at radius 2 is 2.16 bits per heavy atom. The SMILES string of the molecule is CCNc1ccc(C)cc1C(=O)N1CC(C)CC1C. The zero-order valence-corrected chi connectivity index (χ0v) is 12.4. The van der Waals surface area contributed by atoms with Crippen LogP contribution in [0.2, 0.25) is 0 Å². The Balaban J connectivity index is 2.29. The van der Waals surface area contributed by atoms with E-state index in [4.69, 9.17) is 0 Å². The van der Waals surface area contributed by atoms with Crippen molar-refractivity contribution in [1.29, 1.82) is 0 Å². The molecule has 1 fully saturated rings. The van der Waals surface area contributed by atoms with Crippen LogP contribution in [0.3, 0.4) is 0 Å². The van der Waals surface area contributed by atoms with E-state index < -0.39 is 0 Å². The summed E-state index contributed by atoms with van der Waals surface area (Å²) in [4.78, 5) is 14.8. The summed E-state index contributed by atoms with van der Waals surface area (Å²) in [6.45, 7) is 10.1. The van der Waals surface area contributed by atoms with Crippen LogP contribution in [-0.4, -0.2) is 29.9 Å². The van der Waals surface area contributed by atoms with Crippen molar-refractivity contribution in [3.05, 3.63) is 29.3 Å². The third kappa shape index (κ3) is 2.91. The molecule has 2 rings (SSSR count). The fraction of sp³-hybridized carbons (Fsp3) is 0.562. The summed E-state index contributed by atoms with van der Waals surface area (Å²) < 4.78 is 0. The van der Waals surface area contributed by atoms with Crippen molar-refractivity contribution in [2.45, 2.75) is 40.2 Å². The first-order valence-corrected chi connectivity index (χ1v) is 7.18. The first kappa shape index (κ1) is 13.9. The highest BCUT2D eigenvalue weighted by molar-refractivity contribution is 6.00. The molecule has 0 aromatic heterocycles. The van der Waals surface area contributed by atoms with Gasteiger partial charge in [0.25, 0.3) is 5.91 Å². The second kappa shape index (κ2) is 5.64. The van der Waals surface area contributed by atoms with Crippen molar-refractivity contribution in [2.75, 3.05) is 18.4 Å². The molecule has 0 saturated carbocycles. The summed E-state index contributed by atoms with van der Waals surface area (Å²) in [5, 5.41) is 3.29. The number of hydrogen-bond donors (Lipinski definition) is 1. The number of likely N-dealkylation sites (tertiary alicyclic amines) is 1. The monoisotopic (exact) mass is 260 g/mol. The fourth-order valence-electron chi connectivity index (χ4n) is 2.92. The van der Waals surface area contributed by atoms with Gasteiger partial charge >= 0.3 is 0 Å². The van der Waals surface area contributed by atoms with Gasteiger partial charge in [-0.25, -0.2) is 0 Å². The molecular weight excluding hydrogens is 236 g/mol. The van der Waals surface area contributed by atoms with Crippen LogP contribution in [0.5, 0.6) is 0 Å². The molecule has 0 spiro atoms. The van der Waals surface area contributed by atoms with E-state index in [0.29, 0.717) is 12.0 Å². The van der Waals surface area contributed by atoms with Crippen LogP contribution >= 0.6 is 0 Å². The second-order valence-electron chi connectivity index (χ2n) is 5.73. The molecule has 1 aliphatic heterocycles. The Morgan fingerprint density at radius 3 is 2.74 bits per heavy atom. The molecule has 3 heteroatoms. The van der Waals surface area contributed by atoms with Crippen LogP contribution in [0.25, 0.3) is 0 Å². The van der Waals surface area contributed by atoms with E-state index in [1.807, 2.05) is 30.0 Å². The van der Waals surface area contributed by atoms with Crippen LogP contribution in [-0.2, 0) is 0 Å². The largest absolute Gasteiger partial charge is 0.385 e. The molecule has 3 nitrogen and oxygen atoms in total. The molecule has 1 amide bonds. The van der Waals surface area contributed by atoms with Gasteiger partial charge in [0.2, 0.25) is 0 Å². The number of benzene rings is 1. The summed E-state index contributed by atoms with van der Waals surface area (Å²) in [6.07, 6.45) is 1.11. The van der Waals surface area contributed by atoms with Crippen LogP contribution < -0.4 is 5.32 Å². The molecule has 0 bridgehead atoms. The van der Waals surface area contributed by atoms with Crippen LogP contribution in [0.15, 0.2) is 18.2 Å². The van der Waals surface area contributed by atoms with Crippen LogP contribution in [0.4, 0.5) is 5.69 Å². The third-order valence-electron chi connectivity index (χ3n) is 3.82. The zero-order valence-electron chi connectivity index (χ0n) is 12.4. The summed E-state index contributed by atoms with van der Waals surface area (Å²) >= 11 is 0. The molecule has 0 radical (unpaired) electrons. The van der Waals surface area contributed by atoms with Crippen LogP contribution in [0, 0.1) is 12.8 Å². The third-order valence-corrected chi connectivity index (χ3v) is 3.82. The lowest BCUT2D eigenvalue weighted by Gasteiger charge is -2.23. The maximum Gasteiger partial charge on any atom is 0.256 e. The average molecular weight is 260 g/mol. The van der Waals surface area contributed by atoms with E-state index in [-0.39, 0.29) is 5.91 Å². The highest BCUT2D eigenvalue weighted by Crippen LogP contribution is 2.27. The number of aryl methyl sites for hydroxylation is 1. The van der Waals surface area contributed by atoms with Crippen molar-refractivity contribution in [3.8, 4) is 0 Å². The molecule has 2 unspecified atom stereocenters. The Morgan fingerprint density at radius 1 is 1.42 bits per heavy atom. The number of nitrogens with zero attached hydrogens (tertiary/aromatic N) is 1. The van der Waals surface area contributed by atoms with E-state index in [1.165, 1.54) is 0 Å². The summed E-state index contributed by atoms with van der Waals surface area (Å²) in [6, 6.07) is 6.40. The van der Waals surface area contributed by atoms with E-state index in [0.717, 1.165) is 36.3 Å². The minimum Gasteiger partial charge on any atom is -0.385 e. The van der Waals surface area contributed by atoms with Crippen molar-refractivity contribution in [1.82, 2.24) is 4.90 Å². The van der Waals surface area contributed by atoms with Crippen molar-refractivity contribution >= 4 is 11.6 Å². The highest BCUT2D eigenvalue weighted by atomic mass is 16.2. The normalized spacial score (nSPS) is 22.6. The lowest BCUT2D eigenvalue weighted by Crippen LogP contribution is -2.34. The smallest absolute Gasteiger partial charge is 0.256 e. The van der Waals surface area contributed by atoms with Gasteiger partial charge < -0.3 is 10.2 Å². The number of carbonyl (C=O) groups excluding carboxylic acids is 1. The Labute approximate surface area is 116 Å². The molecule has 1 heterocycles. The van der Waals surface area contributed by atoms with Gasteiger partial charge in [-0.15, -0.1) is 0 Å². The molecule has 0 aliphatic carbocycles. The van der Waals surface area contributed by atoms with Crippen molar-refractivity contribution in [3.63, 3.8) is 0 Å². The maximum atomic E-state index is 12.7. The van der Waals surface area contributed by atoms with Gasteiger partial charge in [-0.05, 0) is 45.2 Å². The van der Waals surface area contributed by atoms with E-state index in [2.05, 4.69) is 26.1 Å². The Kier molecular flexibility index (Phi) is 4.13. The van der Waals surface area contributed by atoms with Gasteiger partial charge in [-0.3, -0.25) is 4.79 Å². The predicted octanol–water partition coefficient (Wildman–Crippen LogP) is 3.30. The average Bonchev–Trinajstić information content (AvgIpc) is 2.70. The van der Waals surface area contributed by atoms with Gasteiger partial charge in [0, 0.05) is 24.8 Å². The molecule has 1 N–H and O–H groups in total. The highest BCUT2D eigenvalue weighted by Gasteiger charge is 2.31. The first-order chi connectivity index (χ1) is 9.02. The Hall–Kier alpha value is -1.51. The summed E-state index contributed by atoms with van der Waals surface area (Å²) in [5.74, 6) is 0.767. The van der Waals surface area contributed by atoms with Crippen molar-refractivity contribution in [2.24, 2.45) is 5.92 Å². The minimum absolute atomic E-state index is 0.163. The predicted molar refractivity (Wildman–Crippen MR) is 79.6 cm³/mol. The van der Waals surface area contributed by atoms with Gasteiger partial charge in [-0.2, -0.15) is 0 Å². The van der Waals surface area contributed by atoms with Crippen LogP contribution in [0.1, 0.15) is 43.1 Å². The molecule has 1 aliphatic rings. The molecule has 1 aromatic carbocycles. The van der Waals surface area contributed by atoms with Gasteiger partial charge in [0.05, 0.1) is 5.56 Å². The number of nitrogens with one attached hydrogen (secondary N) is 1. The van der Waals surface area contributed by atoms with E-state index in [1.54, 1.807) is 0 Å². The van der Waals surface area contributed by atoms with Crippen molar-refractivity contribution < 1.29 is 4.79 Å². The molecule has 1 saturated heterocycles. The topological polar surface area (TPSA) is 32.3 Å². The maximum absolute atomic E-state index is 12.7. The number of carbonyl (C=O) groups is 1. The number of amides is 1. The molecular formula is C16H24N2O. The lowest BCUT2D eigenvalue weighted by atomic mass is 10.1.